The Kier molecular flexibility index (Phi) is 4.61. The number of nitrogens with one attached hydrogen (secondary N) is 1. The van der Waals surface area contributed by atoms with Crippen LogP contribution in [0.2, 0.25) is 0 Å². The zero-order valence-corrected chi connectivity index (χ0v) is 11.2. The molecule has 0 bridgehead atoms. The van der Waals surface area contributed by atoms with E-state index in [0.29, 0.717) is 5.69 Å². The number of hydrogen-bond acceptors (Lipinski definition) is 4. The quantitative estimate of drug-likeness (QED) is 0.780. The number of nitrogens with zero attached hydrogens (tertiary/aromatic N) is 2. The van der Waals surface area contributed by atoms with Gasteiger partial charge in [-0.2, -0.15) is 0 Å². The van der Waals surface area contributed by atoms with E-state index in [9.17, 15) is 0 Å². The highest BCUT2D eigenvalue weighted by Crippen LogP contribution is 2.12. The molecule has 0 amide bonds. The molecule has 2 aromatic rings. The van der Waals surface area contributed by atoms with Crippen LogP contribution in [0.25, 0.3) is 0 Å². The molecule has 4 heteroatoms. The summed E-state index contributed by atoms with van der Waals surface area (Å²) >= 11 is 0. The maximum Gasteiger partial charge on any atom is 0.0547 e. The van der Waals surface area contributed by atoms with Gasteiger partial charge in [-0.05, 0) is 24.6 Å². The zero-order chi connectivity index (χ0) is 13.5. The highest BCUT2D eigenvalue weighted by atomic mass is 15.1. The minimum Gasteiger partial charge on any atom is -0.397 e. The summed E-state index contributed by atoms with van der Waals surface area (Å²) in [4.78, 5) is 6.30. The highest BCUT2D eigenvalue weighted by molar-refractivity contribution is 5.51. The van der Waals surface area contributed by atoms with E-state index in [0.717, 1.165) is 25.2 Å². The normalized spacial score (nSPS) is 10.2. The SMILES string of the molecule is CN(CCCNc1cncc(N)c1)c1ccccc1. The fraction of sp³-hybridized carbons (Fsp3) is 0.267. The van der Waals surface area contributed by atoms with Crippen molar-refractivity contribution in [2.24, 2.45) is 0 Å². The van der Waals surface area contributed by atoms with E-state index in [1.165, 1.54) is 5.69 Å². The van der Waals surface area contributed by atoms with Gasteiger partial charge in [-0.1, -0.05) is 18.2 Å². The Bertz CT molecular complexity index is 499. The number of para-hydroxylation sites is 1. The van der Waals surface area contributed by atoms with Crippen LogP contribution >= 0.6 is 0 Å². The Morgan fingerprint density at radius 2 is 2.00 bits per heavy atom. The summed E-state index contributed by atoms with van der Waals surface area (Å²) in [5.74, 6) is 0. The molecule has 2 rings (SSSR count). The molecule has 0 unspecified atom stereocenters. The summed E-state index contributed by atoms with van der Waals surface area (Å²) in [5, 5.41) is 3.32. The molecule has 1 aromatic carbocycles. The minimum absolute atomic E-state index is 0.686. The Morgan fingerprint density at radius 1 is 1.21 bits per heavy atom. The van der Waals surface area contributed by atoms with E-state index in [1.807, 2.05) is 12.1 Å². The molecule has 0 saturated carbocycles. The Morgan fingerprint density at radius 3 is 2.74 bits per heavy atom. The summed E-state index contributed by atoms with van der Waals surface area (Å²) in [5.41, 5.74) is 8.58. The fourth-order valence-electron chi connectivity index (χ4n) is 1.91. The van der Waals surface area contributed by atoms with E-state index >= 15 is 0 Å². The van der Waals surface area contributed by atoms with Gasteiger partial charge < -0.3 is 16.0 Å². The predicted octanol–water partition coefficient (Wildman–Crippen LogP) is 2.60. The molecular formula is C15H20N4. The van der Waals surface area contributed by atoms with Crippen LogP contribution in [0.4, 0.5) is 17.1 Å². The fourth-order valence-corrected chi connectivity index (χ4v) is 1.91. The first kappa shape index (κ1) is 13.2. The van der Waals surface area contributed by atoms with Gasteiger partial charge in [0.05, 0.1) is 17.6 Å². The van der Waals surface area contributed by atoms with Crippen molar-refractivity contribution in [2.45, 2.75) is 6.42 Å². The summed E-state index contributed by atoms with van der Waals surface area (Å²) in [7, 11) is 2.11. The first-order chi connectivity index (χ1) is 9.25. The first-order valence-corrected chi connectivity index (χ1v) is 6.46. The second-order valence-corrected chi connectivity index (χ2v) is 4.54. The number of pyridine rings is 1. The van der Waals surface area contributed by atoms with Crippen molar-refractivity contribution in [2.75, 3.05) is 36.1 Å². The summed E-state index contributed by atoms with van der Waals surface area (Å²) in [6.45, 7) is 1.91. The molecule has 0 spiro atoms. The van der Waals surface area contributed by atoms with Gasteiger partial charge >= 0.3 is 0 Å². The van der Waals surface area contributed by atoms with Crippen LogP contribution in [-0.4, -0.2) is 25.1 Å². The molecule has 1 heterocycles. The van der Waals surface area contributed by atoms with Crippen molar-refractivity contribution >= 4 is 17.1 Å². The molecule has 3 N–H and O–H groups in total. The van der Waals surface area contributed by atoms with Gasteiger partial charge in [0, 0.05) is 32.0 Å². The Hall–Kier alpha value is -2.23. The topological polar surface area (TPSA) is 54.2 Å². The van der Waals surface area contributed by atoms with Crippen molar-refractivity contribution in [1.29, 1.82) is 0 Å². The summed E-state index contributed by atoms with van der Waals surface area (Å²) in [6.07, 6.45) is 4.49. The number of rotatable bonds is 6. The van der Waals surface area contributed by atoms with Crippen LogP contribution in [0.1, 0.15) is 6.42 Å². The van der Waals surface area contributed by atoms with Crippen molar-refractivity contribution < 1.29 is 0 Å². The second-order valence-electron chi connectivity index (χ2n) is 4.54. The lowest BCUT2D eigenvalue weighted by atomic mass is 10.3. The maximum absolute atomic E-state index is 5.68. The van der Waals surface area contributed by atoms with Gasteiger partial charge in [-0.25, -0.2) is 0 Å². The summed E-state index contributed by atoms with van der Waals surface area (Å²) in [6, 6.07) is 12.3. The lowest BCUT2D eigenvalue weighted by Crippen LogP contribution is -2.20. The number of hydrogen-bond donors (Lipinski definition) is 2. The number of anilines is 3. The smallest absolute Gasteiger partial charge is 0.0547 e. The molecular weight excluding hydrogens is 236 g/mol. The second kappa shape index (κ2) is 6.64. The molecule has 100 valence electrons. The zero-order valence-electron chi connectivity index (χ0n) is 11.2. The third-order valence-corrected chi connectivity index (χ3v) is 2.96. The molecule has 0 aliphatic rings. The monoisotopic (exact) mass is 256 g/mol. The van der Waals surface area contributed by atoms with E-state index in [4.69, 9.17) is 5.73 Å². The van der Waals surface area contributed by atoms with Gasteiger partial charge in [0.15, 0.2) is 0 Å². The minimum atomic E-state index is 0.686. The van der Waals surface area contributed by atoms with E-state index in [1.54, 1.807) is 12.4 Å². The van der Waals surface area contributed by atoms with Crippen molar-refractivity contribution in [3.05, 3.63) is 48.8 Å². The lowest BCUT2D eigenvalue weighted by molar-refractivity contribution is 0.816. The Labute approximate surface area is 114 Å². The van der Waals surface area contributed by atoms with E-state index in [-0.39, 0.29) is 0 Å². The van der Waals surface area contributed by atoms with Gasteiger partial charge in [0.1, 0.15) is 0 Å². The van der Waals surface area contributed by atoms with Crippen LogP contribution in [0.5, 0.6) is 0 Å². The van der Waals surface area contributed by atoms with Gasteiger partial charge in [0.25, 0.3) is 0 Å². The van der Waals surface area contributed by atoms with Gasteiger partial charge in [-0.3, -0.25) is 4.98 Å². The average molecular weight is 256 g/mol. The largest absolute Gasteiger partial charge is 0.397 e. The number of nitrogen functional groups attached to an aromatic ring is 1. The van der Waals surface area contributed by atoms with Crippen LogP contribution in [0, 0.1) is 0 Å². The van der Waals surface area contributed by atoms with Crippen LogP contribution in [0.3, 0.4) is 0 Å². The molecule has 1 aromatic heterocycles. The Balaban J connectivity index is 1.72. The van der Waals surface area contributed by atoms with Crippen molar-refractivity contribution in [1.82, 2.24) is 4.98 Å². The van der Waals surface area contributed by atoms with Crippen molar-refractivity contribution in [3.8, 4) is 0 Å². The highest BCUT2D eigenvalue weighted by Gasteiger charge is 1.99. The first-order valence-electron chi connectivity index (χ1n) is 6.46. The van der Waals surface area contributed by atoms with Gasteiger partial charge in [-0.15, -0.1) is 0 Å². The molecule has 0 radical (unpaired) electrons. The maximum atomic E-state index is 5.68. The predicted molar refractivity (Wildman–Crippen MR) is 81.5 cm³/mol. The molecule has 0 saturated heterocycles. The lowest BCUT2D eigenvalue weighted by Gasteiger charge is -2.19. The van der Waals surface area contributed by atoms with Gasteiger partial charge in [0.2, 0.25) is 0 Å². The molecule has 0 fully saturated rings. The average Bonchev–Trinajstić information content (AvgIpc) is 2.44. The molecule has 0 aliphatic carbocycles. The molecule has 19 heavy (non-hydrogen) atoms. The van der Waals surface area contributed by atoms with E-state index < -0.39 is 0 Å². The molecule has 4 nitrogen and oxygen atoms in total. The third-order valence-electron chi connectivity index (χ3n) is 2.96. The van der Waals surface area contributed by atoms with Crippen molar-refractivity contribution in [3.63, 3.8) is 0 Å². The standard InChI is InChI=1S/C15H20N4/c1-19(15-6-3-2-4-7-15)9-5-8-18-14-10-13(16)11-17-12-14/h2-4,6-7,10-12,18H,5,8-9,16H2,1H3. The number of aromatic nitrogens is 1. The van der Waals surface area contributed by atoms with Crippen LogP contribution in [-0.2, 0) is 0 Å². The molecule has 0 atom stereocenters. The number of benzene rings is 1. The summed E-state index contributed by atoms with van der Waals surface area (Å²) < 4.78 is 0. The van der Waals surface area contributed by atoms with Crippen LogP contribution in [0.15, 0.2) is 48.8 Å². The third kappa shape index (κ3) is 4.17. The number of nitrogens with two attached hydrogens (primary N) is 1. The van der Waals surface area contributed by atoms with Crippen LogP contribution < -0.4 is 16.0 Å². The molecule has 0 aliphatic heterocycles. The van der Waals surface area contributed by atoms with E-state index in [2.05, 4.69) is 46.5 Å².